The maximum atomic E-state index is 12.1. The molecule has 0 aliphatic carbocycles. The zero-order chi connectivity index (χ0) is 15.9. The number of nitrogens with one attached hydrogen (secondary N) is 1. The molecule has 0 aliphatic heterocycles. The van der Waals surface area contributed by atoms with Crippen molar-refractivity contribution in [3.8, 4) is 6.07 Å². The van der Waals surface area contributed by atoms with Crippen LogP contribution in [0.1, 0.15) is 22.3 Å². The molecular weight excluding hydrogens is 274 g/mol. The van der Waals surface area contributed by atoms with E-state index < -0.39 is 0 Å². The van der Waals surface area contributed by atoms with Gasteiger partial charge in [-0.1, -0.05) is 42.0 Å². The number of carbonyl (C=O) groups excluding carboxylic acids is 1. The van der Waals surface area contributed by atoms with Gasteiger partial charge in [-0.25, -0.2) is 4.79 Å². The van der Waals surface area contributed by atoms with Crippen LogP contribution in [-0.2, 0) is 13.1 Å². The van der Waals surface area contributed by atoms with Crippen LogP contribution in [0.4, 0.5) is 4.79 Å². The van der Waals surface area contributed by atoms with E-state index in [9.17, 15) is 4.79 Å². The van der Waals surface area contributed by atoms with Crippen LogP contribution in [0.15, 0.2) is 48.5 Å². The van der Waals surface area contributed by atoms with Crippen LogP contribution in [0.5, 0.6) is 0 Å². The summed E-state index contributed by atoms with van der Waals surface area (Å²) in [4.78, 5) is 13.7. The number of urea groups is 1. The van der Waals surface area contributed by atoms with Gasteiger partial charge in [0.1, 0.15) is 0 Å². The van der Waals surface area contributed by atoms with E-state index in [1.807, 2.05) is 37.3 Å². The summed E-state index contributed by atoms with van der Waals surface area (Å²) in [5, 5.41) is 11.7. The molecule has 2 rings (SSSR count). The highest BCUT2D eigenvalue weighted by atomic mass is 16.2. The first-order valence-corrected chi connectivity index (χ1v) is 7.12. The lowest BCUT2D eigenvalue weighted by atomic mass is 10.1. The van der Waals surface area contributed by atoms with Crippen LogP contribution < -0.4 is 5.32 Å². The quantitative estimate of drug-likeness (QED) is 0.941. The molecule has 0 unspecified atom stereocenters. The van der Waals surface area contributed by atoms with E-state index in [4.69, 9.17) is 5.26 Å². The Morgan fingerprint density at radius 1 is 1.18 bits per heavy atom. The maximum absolute atomic E-state index is 12.1. The van der Waals surface area contributed by atoms with Crippen LogP contribution >= 0.6 is 0 Å². The molecule has 2 amide bonds. The van der Waals surface area contributed by atoms with Crippen molar-refractivity contribution in [2.75, 3.05) is 7.05 Å². The fourth-order valence-corrected chi connectivity index (χ4v) is 2.17. The lowest BCUT2D eigenvalue weighted by molar-refractivity contribution is 0.206. The number of amides is 2. The van der Waals surface area contributed by atoms with Crippen molar-refractivity contribution >= 4 is 6.03 Å². The first-order valence-electron chi connectivity index (χ1n) is 7.12. The van der Waals surface area contributed by atoms with Crippen molar-refractivity contribution in [3.05, 3.63) is 70.8 Å². The Morgan fingerprint density at radius 2 is 1.91 bits per heavy atom. The van der Waals surface area contributed by atoms with E-state index in [-0.39, 0.29) is 6.03 Å². The Bertz CT molecular complexity index is 686. The second-order valence-electron chi connectivity index (χ2n) is 5.31. The second kappa shape index (κ2) is 7.28. The van der Waals surface area contributed by atoms with Crippen molar-refractivity contribution < 1.29 is 4.79 Å². The molecule has 22 heavy (non-hydrogen) atoms. The van der Waals surface area contributed by atoms with Crippen molar-refractivity contribution in [2.24, 2.45) is 0 Å². The maximum Gasteiger partial charge on any atom is 0.317 e. The highest BCUT2D eigenvalue weighted by molar-refractivity contribution is 5.73. The number of nitrogens with zero attached hydrogens (tertiary/aromatic N) is 2. The van der Waals surface area contributed by atoms with Gasteiger partial charge in [-0.05, 0) is 30.2 Å². The minimum atomic E-state index is -0.120. The predicted octanol–water partition coefficient (Wildman–Crippen LogP) is 3.21. The molecule has 4 nitrogen and oxygen atoms in total. The Labute approximate surface area is 131 Å². The molecule has 0 saturated carbocycles. The third-order valence-corrected chi connectivity index (χ3v) is 3.38. The van der Waals surface area contributed by atoms with E-state index in [2.05, 4.69) is 17.5 Å². The van der Waals surface area contributed by atoms with Crippen LogP contribution in [-0.4, -0.2) is 18.0 Å². The second-order valence-corrected chi connectivity index (χ2v) is 5.31. The van der Waals surface area contributed by atoms with Gasteiger partial charge in [-0.3, -0.25) is 0 Å². The molecule has 0 aliphatic rings. The van der Waals surface area contributed by atoms with Gasteiger partial charge in [0.05, 0.1) is 11.6 Å². The van der Waals surface area contributed by atoms with Crippen LogP contribution in [0.3, 0.4) is 0 Å². The summed E-state index contributed by atoms with van der Waals surface area (Å²) in [5.41, 5.74) is 3.88. The average Bonchev–Trinajstić information content (AvgIpc) is 2.53. The summed E-state index contributed by atoms with van der Waals surface area (Å²) in [5.74, 6) is 0. The molecular formula is C18H19N3O. The summed E-state index contributed by atoms with van der Waals surface area (Å²) in [7, 11) is 1.75. The van der Waals surface area contributed by atoms with E-state index in [0.717, 1.165) is 11.1 Å². The van der Waals surface area contributed by atoms with Gasteiger partial charge in [0.2, 0.25) is 0 Å². The van der Waals surface area contributed by atoms with E-state index in [0.29, 0.717) is 18.7 Å². The molecule has 0 atom stereocenters. The molecule has 112 valence electrons. The summed E-state index contributed by atoms with van der Waals surface area (Å²) >= 11 is 0. The lowest BCUT2D eigenvalue weighted by Gasteiger charge is -2.18. The summed E-state index contributed by atoms with van der Waals surface area (Å²) in [6, 6.07) is 17.3. The summed E-state index contributed by atoms with van der Waals surface area (Å²) < 4.78 is 0. The SMILES string of the molecule is Cc1cccc(CNC(=O)N(C)Cc2ccc(C#N)cc2)c1. The van der Waals surface area contributed by atoms with Gasteiger partial charge in [-0.15, -0.1) is 0 Å². The molecule has 2 aromatic carbocycles. The molecule has 2 aromatic rings. The minimum absolute atomic E-state index is 0.120. The third-order valence-electron chi connectivity index (χ3n) is 3.38. The van der Waals surface area contributed by atoms with E-state index in [1.165, 1.54) is 5.56 Å². The van der Waals surface area contributed by atoms with Gasteiger partial charge < -0.3 is 10.2 Å². The Kier molecular flexibility index (Phi) is 5.16. The van der Waals surface area contributed by atoms with Gasteiger partial charge in [0.25, 0.3) is 0 Å². The number of nitriles is 1. The number of hydrogen-bond acceptors (Lipinski definition) is 2. The monoisotopic (exact) mass is 293 g/mol. The Morgan fingerprint density at radius 3 is 2.55 bits per heavy atom. The van der Waals surface area contributed by atoms with Crippen LogP contribution in [0.25, 0.3) is 0 Å². The molecule has 4 heteroatoms. The van der Waals surface area contributed by atoms with Gasteiger partial charge in [-0.2, -0.15) is 5.26 Å². The number of hydrogen-bond donors (Lipinski definition) is 1. The van der Waals surface area contributed by atoms with E-state index >= 15 is 0 Å². The Balaban J connectivity index is 1.87. The first kappa shape index (κ1) is 15.6. The van der Waals surface area contributed by atoms with Crippen LogP contribution in [0, 0.1) is 18.3 Å². The summed E-state index contributed by atoms with van der Waals surface area (Å²) in [6.45, 7) is 3.05. The smallest absolute Gasteiger partial charge is 0.317 e. The zero-order valence-electron chi connectivity index (χ0n) is 12.8. The van der Waals surface area contributed by atoms with Gasteiger partial charge in [0.15, 0.2) is 0 Å². The molecule has 0 bridgehead atoms. The number of aryl methyl sites for hydroxylation is 1. The fraction of sp³-hybridized carbons (Fsp3) is 0.222. The zero-order valence-corrected chi connectivity index (χ0v) is 12.8. The number of rotatable bonds is 4. The first-order chi connectivity index (χ1) is 10.6. The molecule has 0 heterocycles. The van der Waals surface area contributed by atoms with Crippen molar-refractivity contribution in [2.45, 2.75) is 20.0 Å². The molecule has 0 aromatic heterocycles. The summed E-state index contributed by atoms with van der Waals surface area (Å²) in [6.07, 6.45) is 0. The lowest BCUT2D eigenvalue weighted by Crippen LogP contribution is -2.36. The van der Waals surface area contributed by atoms with E-state index in [1.54, 1.807) is 24.1 Å². The van der Waals surface area contributed by atoms with Crippen molar-refractivity contribution in [1.29, 1.82) is 5.26 Å². The highest BCUT2D eigenvalue weighted by Crippen LogP contribution is 2.07. The predicted molar refractivity (Wildman–Crippen MR) is 86.0 cm³/mol. The topological polar surface area (TPSA) is 56.1 Å². The highest BCUT2D eigenvalue weighted by Gasteiger charge is 2.08. The molecule has 0 saturated heterocycles. The Hall–Kier alpha value is -2.80. The normalized spacial score (nSPS) is 9.86. The van der Waals surface area contributed by atoms with Gasteiger partial charge >= 0.3 is 6.03 Å². The van der Waals surface area contributed by atoms with Gasteiger partial charge in [0, 0.05) is 20.1 Å². The van der Waals surface area contributed by atoms with Crippen molar-refractivity contribution in [1.82, 2.24) is 10.2 Å². The fourth-order valence-electron chi connectivity index (χ4n) is 2.17. The number of carbonyl (C=O) groups is 1. The number of benzene rings is 2. The standard InChI is InChI=1S/C18H19N3O/c1-14-4-3-5-17(10-14)12-20-18(22)21(2)13-16-8-6-15(11-19)7-9-16/h3-10H,12-13H2,1-2H3,(H,20,22). The molecule has 0 fully saturated rings. The molecule has 0 spiro atoms. The molecule has 1 N–H and O–H groups in total. The van der Waals surface area contributed by atoms with Crippen molar-refractivity contribution in [3.63, 3.8) is 0 Å². The molecule has 0 radical (unpaired) electrons. The largest absolute Gasteiger partial charge is 0.334 e. The minimum Gasteiger partial charge on any atom is -0.334 e. The van der Waals surface area contributed by atoms with Crippen LogP contribution in [0.2, 0.25) is 0 Å². The third kappa shape index (κ3) is 4.35. The average molecular weight is 293 g/mol.